The first-order valence-corrected chi connectivity index (χ1v) is 9.75. The highest BCUT2D eigenvalue weighted by Crippen LogP contribution is 2.23. The molecule has 0 radical (unpaired) electrons. The lowest BCUT2D eigenvalue weighted by Gasteiger charge is -2.08. The van der Waals surface area contributed by atoms with Crippen molar-refractivity contribution in [2.24, 2.45) is 0 Å². The molecule has 158 valence electrons. The minimum atomic E-state index is -0.605. The summed E-state index contributed by atoms with van der Waals surface area (Å²) in [6, 6.07) is 8.61. The number of esters is 1. The van der Waals surface area contributed by atoms with E-state index in [9.17, 15) is 9.59 Å². The fourth-order valence-electron chi connectivity index (χ4n) is 2.53. The fraction of sp³-hybridized carbons (Fsp3) is 0.300. The number of carbonyl (C=O) groups excluding carboxylic acids is 2. The van der Waals surface area contributed by atoms with E-state index in [1.165, 1.54) is 4.68 Å². The summed E-state index contributed by atoms with van der Waals surface area (Å²) >= 11 is 6.06. The van der Waals surface area contributed by atoms with Crippen LogP contribution >= 0.6 is 11.6 Å². The molecule has 0 saturated carbocycles. The maximum absolute atomic E-state index is 12.6. The summed E-state index contributed by atoms with van der Waals surface area (Å²) in [6.07, 6.45) is 2.88. The number of amides is 1. The fourth-order valence-corrected chi connectivity index (χ4v) is 2.72. The van der Waals surface area contributed by atoms with Gasteiger partial charge in [-0.2, -0.15) is 10.2 Å². The van der Waals surface area contributed by atoms with Gasteiger partial charge in [-0.1, -0.05) is 23.7 Å². The van der Waals surface area contributed by atoms with Crippen LogP contribution < -0.4 is 10.1 Å². The zero-order valence-corrected chi connectivity index (χ0v) is 17.6. The first-order chi connectivity index (χ1) is 14.4. The van der Waals surface area contributed by atoms with Crippen LogP contribution in [0.15, 0.2) is 42.7 Å². The summed E-state index contributed by atoms with van der Waals surface area (Å²) < 4.78 is 13.8. The molecule has 3 aromatic rings. The summed E-state index contributed by atoms with van der Waals surface area (Å²) in [5.41, 5.74) is 0.458. The second-order valence-electron chi connectivity index (χ2n) is 6.60. The van der Waals surface area contributed by atoms with Gasteiger partial charge in [-0.3, -0.25) is 9.48 Å². The van der Waals surface area contributed by atoms with E-state index >= 15 is 0 Å². The number of ether oxygens (including phenoxy) is 2. The number of benzene rings is 1. The Kier molecular flexibility index (Phi) is 6.73. The Morgan fingerprint density at radius 1 is 1.17 bits per heavy atom. The lowest BCUT2D eigenvalue weighted by atomic mass is 10.3. The van der Waals surface area contributed by atoms with Crippen molar-refractivity contribution in [1.29, 1.82) is 0 Å². The molecule has 9 nitrogen and oxygen atoms in total. The number of nitrogens with one attached hydrogen (secondary N) is 1. The molecule has 0 spiro atoms. The number of carbonyl (C=O) groups is 2. The van der Waals surface area contributed by atoms with Crippen molar-refractivity contribution in [3.63, 3.8) is 0 Å². The Labute approximate surface area is 178 Å². The molecular formula is C20H22ClN5O4. The van der Waals surface area contributed by atoms with Gasteiger partial charge < -0.3 is 14.8 Å². The Balaban J connectivity index is 1.69. The predicted molar refractivity (Wildman–Crippen MR) is 111 cm³/mol. The van der Waals surface area contributed by atoms with Crippen LogP contribution in [0.5, 0.6) is 5.75 Å². The van der Waals surface area contributed by atoms with E-state index in [1.54, 1.807) is 55.2 Å². The van der Waals surface area contributed by atoms with E-state index in [-0.39, 0.29) is 29.9 Å². The minimum Gasteiger partial charge on any atom is -0.470 e. The van der Waals surface area contributed by atoms with E-state index < -0.39 is 11.9 Å². The third-order valence-electron chi connectivity index (χ3n) is 3.93. The zero-order chi connectivity index (χ0) is 21.7. The van der Waals surface area contributed by atoms with Gasteiger partial charge >= 0.3 is 5.97 Å². The van der Waals surface area contributed by atoms with Crippen LogP contribution in [0.1, 0.15) is 41.7 Å². The first kappa shape index (κ1) is 21.4. The highest BCUT2D eigenvalue weighted by molar-refractivity contribution is 6.32. The smallest absolute Gasteiger partial charge is 0.361 e. The molecule has 0 aliphatic heterocycles. The van der Waals surface area contributed by atoms with Crippen LogP contribution in [-0.2, 0) is 18.0 Å². The summed E-state index contributed by atoms with van der Waals surface area (Å²) in [5.74, 6) is -0.576. The predicted octanol–water partition coefficient (Wildman–Crippen LogP) is 3.61. The van der Waals surface area contributed by atoms with Crippen molar-refractivity contribution in [2.75, 3.05) is 5.32 Å². The summed E-state index contributed by atoms with van der Waals surface area (Å²) in [6.45, 7) is 5.97. The van der Waals surface area contributed by atoms with Crippen LogP contribution in [0.2, 0.25) is 5.02 Å². The van der Waals surface area contributed by atoms with Gasteiger partial charge in [-0.05, 0) is 39.0 Å². The van der Waals surface area contributed by atoms with E-state index in [0.717, 1.165) is 0 Å². The van der Waals surface area contributed by atoms with E-state index in [0.29, 0.717) is 17.3 Å². The number of anilines is 1. The highest BCUT2D eigenvalue weighted by atomic mass is 35.5. The number of aromatic nitrogens is 4. The molecule has 0 aliphatic carbocycles. The quantitative estimate of drug-likeness (QED) is 0.547. The lowest BCUT2D eigenvalue weighted by Crippen LogP contribution is -2.18. The van der Waals surface area contributed by atoms with Gasteiger partial charge in [0.25, 0.3) is 5.91 Å². The van der Waals surface area contributed by atoms with Crippen LogP contribution in [0.25, 0.3) is 0 Å². The van der Waals surface area contributed by atoms with Crippen LogP contribution in [-0.4, -0.2) is 37.5 Å². The molecule has 2 heterocycles. The van der Waals surface area contributed by atoms with Crippen molar-refractivity contribution >= 4 is 29.2 Å². The maximum Gasteiger partial charge on any atom is 0.361 e. The molecule has 1 aromatic carbocycles. The monoisotopic (exact) mass is 431 g/mol. The molecule has 10 heteroatoms. The molecule has 0 atom stereocenters. The largest absolute Gasteiger partial charge is 0.470 e. The Bertz CT molecular complexity index is 1040. The normalized spacial score (nSPS) is 10.8. The number of hydrogen-bond acceptors (Lipinski definition) is 6. The molecule has 0 aliphatic rings. The molecule has 0 fully saturated rings. The number of nitrogens with zero attached hydrogens (tertiary/aromatic N) is 4. The molecule has 0 saturated heterocycles. The standard InChI is InChI=1S/C20H22ClN5O4/c1-4-25-11-16(18(24-25)20(28)30-13(2)3)22-19(27)15-9-10-26(23-15)12-29-17-8-6-5-7-14(17)21/h5-11,13H,4,12H2,1-3H3,(H,22,27). The average molecular weight is 432 g/mol. The van der Waals surface area contributed by atoms with Crippen molar-refractivity contribution in [2.45, 2.75) is 40.2 Å². The Morgan fingerprint density at radius 3 is 2.63 bits per heavy atom. The molecule has 30 heavy (non-hydrogen) atoms. The van der Waals surface area contributed by atoms with E-state index in [4.69, 9.17) is 21.1 Å². The summed E-state index contributed by atoms with van der Waals surface area (Å²) in [5, 5.41) is 11.5. The third-order valence-corrected chi connectivity index (χ3v) is 4.24. The third kappa shape index (κ3) is 5.18. The minimum absolute atomic E-state index is 0.0420. The van der Waals surface area contributed by atoms with Gasteiger partial charge in [-0.15, -0.1) is 0 Å². The number of hydrogen-bond donors (Lipinski definition) is 1. The first-order valence-electron chi connectivity index (χ1n) is 9.38. The SMILES string of the molecule is CCn1cc(NC(=O)c2ccn(COc3ccccc3Cl)n2)c(C(=O)OC(C)C)n1. The number of rotatable bonds is 8. The van der Waals surface area contributed by atoms with Crippen LogP contribution in [0.4, 0.5) is 5.69 Å². The zero-order valence-electron chi connectivity index (χ0n) is 16.8. The van der Waals surface area contributed by atoms with Crippen LogP contribution in [0.3, 0.4) is 0 Å². The molecule has 3 rings (SSSR count). The van der Waals surface area contributed by atoms with E-state index in [2.05, 4.69) is 15.5 Å². The number of para-hydroxylation sites is 1. The average Bonchev–Trinajstić information content (AvgIpc) is 3.34. The summed E-state index contributed by atoms with van der Waals surface area (Å²) in [4.78, 5) is 24.9. The number of aryl methyl sites for hydroxylation is 1. The van der Waals surface area contributed by atoms with Crippen molar-refractivity contribution in [3.8, 4) is 5.75 Å². The number of halogens is 1. The Hall–Kier alpha value is -3.33. The van der Waals surface area contributed by atoms with Gasteiger partial charge in [-0.25, -0.2) is 9.48 Å². The van der Waals surface area contributed by atoms with Crippen LogP contribution in [0, 0.1) is 0 Å². The van der Waals surface area contributed by atoms with Crippen molar-refractivity contribution < 1.29 is 19.1 Å². The molecular weight excluding hydrogens is 410 g/mol. The van der Waals surface area contributed by atoms with Crippen molar-refractivity contribution in [3.05, 3.63) is 59.1 Å². The van der Waals surface area contributed by atoms with Gasteiger partial charge in [0, 0.05) is 18.9 Å². The van der Waals surface area contributed by atoms with E-state index in [1.807, 2.05) is 13.0 Å². The Morgan fingerprint density at radius 2 is 1.93 bits per heavy atom. The lowest BCUT2D eigenvalue weighted by molar-refractivity contribution is 0.0371. The van der Waals surface area contributed by atoms with Gasteiger partial charge in [0.05, 0.1) is 16.8 Å². The second-order valence-corrected chi connectivity index (χ2v) is 7.01. The van der Waals surface area contributed by atoms with Gasteiger partial charge in [0.2, 0.25) is 0 Å². The van der Waals surface area contributed by atoms with Crippen molar-refractivity contribution in [1.82, 2.24) is 19.6 Å². The topological polar surface area (TPSA) is 100 Å². The second kappa shape index (κ2) is 9.45. The molecule has 1 amide bonds. The maximum atomic E-state index is 12.6. The molecule has 0 unspecified atom stereocenters. The molecule has 0 bridgehead atoms. The van der Waals surface area contributed by atoms with Gasteiger partial charge in [0.15, 0.2) is 18.1 Å². The van der Waals surface area contributed by atoms with Gasteiger partial charge in [0.1, 0.15) is 5.75 Å². The highest BCUT2D eigenvalue weighted by Gasteiger charge is 2.22. The molecule has 1 N–H and O–H groups in total. The summed E-state index contributed by atoms with van der Waals surface area (Å²) in [7, 11) is 0. The molecule has 2 aromatic heterocycles.